The smallest absolute Gasteiger partial charge is 0.259 e. The highest BCUT2D eigenvalue weighted by Gasteiger charge is 2.09. The van der Waals surface area contributed by atoms with Crippen LogP contribution in [-0.2, 0) is 6.42 Å². The topological polar surface area (TPSA) is 67.8 Å². The molecule has 1 amide bonds. The van der Waals surface area contributed by atoms with E-state index in [9.17, 15) is 4.79 Å². The molecule has 0 unspecified atom stereocenters. The molecular formula is C11H12N4OS. The maximum Gasteiger partial charge on any atom is 0.259 e. The first-order valence-corrected chi connectivity index (χ1v) is 6.07. The molecule has 5 nitrogen and oxygen atoms in total. The molecule has 2 aromatic rings. The van der Waals surface area contributed by atoms with Crippen molar-refractivity contribution in [3.8, 4) is 0 Å². The molecule has 0 fully saturated rings. The molecule has 0 aliphatic carbocycles. The van der Waals surface area contributed by atoms with Gasteiger partial charge in [-0.1, -0.05) is 18.3 Å². The minimum absolute atomic E-state index is 0.212. The standard InChI is InChI=1S/C11H12N4OS/c1-3-9-14-15-11(17-9)13-10(16)8-5-4-7(2)12-6-8/h4-6H,3H2,1-2H3,(H,13,15,16). The van der Waals surface area contributed by atoms with Gasteiger partial charge in [-0.15, -0.1) is 10.2 Å². The molecule has 0 spiro atoms. The van der Waals surface area contributed by atoms with Crippen molar-refractivity contribution in [1.29, 1.82) is 0 Å². The third-order valence-electron chi connectivity index (χ3n) is 2.16. The fraction of sp³-hybridized carbons (Fsp3) is 0.273. The van der Waals surface area contributed by atoms with E-state index in [2.05, 4.69) is 20.5 Å². The third kappa shape index (κ3) is 2.85. The van der Waals surface area contributed by atoms with E-state index in [0.717, 1.165) is 17.1 Å². The Labute approximate surface area is 103 Å². The Bertz CT molecular complexity index is 521. The zero-order valence-corrected chi connectivity index (χ0v) is 10.4. The average Bonchev–Trinajstić information content (AvgIpc) is 2.77. The highest BCUT2D eigenvalue weighted by molar-refractivity contribution is 7.15. The number of hydrogen-bond acceptors (Lipinski definition) is 5. The van der Waals surface area contributed by atoms with Gasteiger partial charge in [-0.25, -0.2) is 0 Å². The first kappa shape index (κ1) is 11.7. The molecule has 0 bridgehead atoms. The molecule has 17 heavy (non-hydrogen) atoms. The summed E-state index contributed by atoms with van der Waals surface area (Å²) < 4.78 is 0. The number of hydrogen-bond donors (Lipinski definition) is 1. The number of aromatic nitrogens is 3. The zero-order valence-electron chi connectivity index (χ0n) is 9.60. The highest BCUT2D eigenvalue weighted by Crippen LogP contribution is 2.16. The second-order valence-corrected chi connectivity index (χ2v) is 4.56. The molecule has 1 N–H and O–H groups in total. The summed E-state index contributed by atoms with van der Waals surface area (Å²) in [6.45, 7) is 3.87. The van der Waals surface area contributed by atoms with E-state index in [0.29, 0.717) is 10.7 Å². The Hall–Kier alpha value is -1.82. The minimum atomic E-state index is -0.212. The van der Waals surface area contributed by atoms with Gasteiger partial charge in [0.25, 0.3) is 5.91 Å². The lowest BCUT2D eigenvalue weighted by molar-refractivity contribution is 0.102. The predicted octanol–water partition coefficient (Wildman–Crippen LogP) is 2.06. The fourth-order valence-electron chi connectivity index (χ4n) is 1.22. The van der Waals surface area contributed by atoms with Crippen molar-refractivity contribution >= 4 is 22.4 Å². The summed E-state index contributed by atoms with van der Waals surface area (Å²) in [5, 5.41) is 11.9. The molecule has 0 radical (unpaired) electrons. The van der Waals surface area contributed by atoms with Crippen molar-refractivity contribution in [2.45, 2.75) is 20.3 Å². The van der Waals surface area contributed by atoms with E-state index in [-0.39, 0.29) is 5.91 Å². The van der Waals surface area contributed by atoms with Gasteiger partial charge in [-0.3, -0.25) is 15.1 Å². The number of nitrogens with one attached hydrogen (secondary N) is 1. The van der Waals surface area contributed by atoms with E-state index >= 15 is 0 Å². The van der Waals surface area contributed by atoms with Crippen molar-refractivity contribution in [3.05, 3.63) is 34.6 Å². The minimum Gasteiger partial charge on any atom is -0.296 e. The zero-order chi connectivity index (χ0) is 12.3. The summed E-state index contributed by atoms with van der Waals surface area (Å²) in [5.74, 6) is -0.212. The van der Waals surface area contributed by atoms with E-state index in [1.165, 1.54) is 11.3 Å². The molecule has 0 saturated carbocycles. The molecule has 0 aromatic carbocycles. The number of nitrogens with zero attached hydrogens (tertiary/aromatic N) is 3. The molecule has 2 aromatic heterocycles. The van der Waals surface area contributed by atoms with E-state index < -0.39 is 0 Å². The average molecular weight is 248 g/mol. The summed E-state index contributed by atoms with van der Waals surface area (Å²) >= 11 is 1.38. The molecule has 0 aliphatic heterocycles. The van der Waals surface area contributed by atoms with Gasteiger partial charge < -0.3 is 0 Å². The lowest BCUT2D eigenvalue weighted by atomic mass is 10.2. The van der Waals surface area contributed by atoms with Crippen molar-refractivity contribution in [1.82, 2.24) is 15.2 Å². The Balaban J connectivity index is 2.08. The van der Waals surface area contributed by atoms with Gasteiger partial charge in [0.2, 0.25) is 5.13 Å². The van der Waals surface area contributed by atoms with Crippen LogP contribution in [0.15, 0.2) is 18.3 Å². The van der Waals surface area contributed by atoms with Crippen molar-refractivity contribution in [2.75, 3.05) is 5.32 Å². The second-order valence-electron chi connectivity index (χ2n) is 3.50. The van der Waals surface area contributed by atoms with Gasteiger partial charge in [0, 0.05) is 11.9 Å². The number of carbonyl (C=O) groups is 1. The fourth-order valence-corrected chi connectivity index (χ4v) is 1.89. The van der Waals surface area contributed by atoms with E-state index in [1.54, 1.807) is 18.3 Å². The van der Waals surface area contributed by atoms with Gasteiger partial charge in [0.1, 0.15) is 5.01 Å². The SMILES string of the molecule is CCc1nnc(NC(=O)c2ccc(C)nc2)s1. The number of aryl methyl sites for hydroxylation is 2. The quantitative estimate of drug-likeness (QED) is 0.902. The van der Waals surface area contributed by atoms with Crippen LogP contribution in [0.4, 0.5) is 5.13 Å². The van der Waals surface area contributed by atoms with Crippen LogP contribution < -0.4 is 5.32 Å². The lowest BCUT2D eigenvalue weighted by Crippen LogP contribution is -2.12. The summed E-state index contributed by atoms with van der Waals surface area (Å²) in [6.07, 6.45) is 2.37. The van der Waals surface area contributed by atoms with Crippen LogP contribution >= 0.6 is 11.3 Å². The highest BCUT2D eigenvalue weighted by atomic mass is 32.1. The molecule has 2 heterocycles. The van der Waals surface area contributed by atoms with E-state index in [4.69, 9.17) is 0 Å². The molecule has 88 valence electrons. The van der Waals surface area contributed by atoms with Gasteiger partial charge >= 0.3 is 0 Å². The third-order valence-corrected chi connectivity index (χ3v) is 3.15. The first-order valence-electron chi connectivity index (χ1n) is 5.25. The van der Waals surface area contributed by atoms with E-state index in [1.807, 2.05) is 13.8 Å². The summed E-state index contributed by atoms with van der Waals surface area (Å²) in [7, 11) is 0. The van der Waals surface area contributed by atoms with Crippen LogP contribution in [0.5, 0.6) is 0 Å². The van der Waals surface area contributed by atoms with Crippen LogP contribution in [0.2, 0.25) is 0 Å². The van der Waals surface area contributed by atoms with Gasteiger partial charge in [0.15, 0.2) is 0 Å². The molecule has 0 atom stereocenters. The molecule has 2 rings (SSSR count). The van der Waals surface area contributed by atoms with Crippen LogP contribution in [0.3, 0.4) is 0 Å². The Kier molecular flexibility index (Phi) is 3.43. The van der Waals surface area contributed by atoms with Crippen LogP contribution in [-0.4, -0.2) is 21.1 Å². The van der Waals surface area contributed by atoms with Gasteiger partial charge in [-0.05, 0) is 25.5 Å². The number of amides is 1. The largest absolute Gasteiger partial charge is 0.296 e. The van der Waals surface area contributed by atoms with Crippen molar-refractivity contribution in [3.63, 3.8) is 0 Å². The lowest BCUT2D eigenvalue weighted by Gasteiger charge is -2.00. The van der Waals surface area contributed by atoms with Crippen molar-refractivity contribution in [2.24, 2.45) is 0 Å². The number of anilines is 1. The molecule has 6 heteroatoms. The Morgan fingerprint density at radius 2 is 2.24 bits per heavy atom. The monoisotopic (exact) mass is 248 g/mol. The molecular weight excluding hydrogens is 236 g/mol. The predicted molar refractivity (Wildman–Crippen MR) is 66.2 cm³/mol. The Morgan fingerprint density at radius 3 is 2.82 bits per heavy atom. The maximum absolute atomic E-state index is 11.8. The number of rotatable bonds is 3. The van der Waals surface area contributed by atoms with Crippen LogP contribution in [0, 0.1) is 6.92 Å². The second kappa shape index (κ2) is 5.01. The maximum atomic E-state index is 11.8. The number of carbonyl (C=O) groups excluding carboxylic acids is 1. The Morgan fingerprint density at radius 1 is 1.41 bits per heavy atom. The van der Waals surface area contributed by atoms with Crippen LogP contribution in [0.1, 0.15) is 28.0 Å². The molecule has 0 saturated heterocycles. The first-order chi connectivity index (χ1) is 8.19. The normalized spacial score (nSPS) is 10.2. The van der Waals surface area contributed by atoms with Crippen LogP contribution in [0.25, 0.3) is 0 Å². The molecule has 0 aliphatic rings. The van der Waals surface area contributed by atoms with Gasteiger partial charge in [0.05, 0.1) is 5.56 Å². The summed E-state index contributed by atoms with van der Waals surface area (Å²) in [5.41, 5.74) is 1.40. The van der Waals surface area contributed by atoms with Crippen molar-refractivity contribution < 1.29 is 4.79 Å². The number of pyridine rings is 1. The summed E-state index contributed by atoms with van der Waals surface area (Å²) in [6, 6.07) is 3.53. The summed E-state index contributed by atoms with van der Waals surface area (Å²) in [4.78, 5) is 15.9. The van der Waals surface area contributed by atoms with Gasteiger partial charge in [-0.2, -0.15) is 0 Å².